The maximum Gasteiger partial charge on any atom is 0.308 e. The van der Waals surface area contributed by atoms with Crippen molar-refractivity contribution in [3.8, 4) is 0 Å². The molecule has 100 valence electrons. The lowest BCUT2D eigenvalue weighted by Gasteiger charge is -2.31. The van der Waals surface area contributed by atoms with Gasteiger partial charge in [0.05, 0.1) is 12.1 Å². The van der Waals surface area contributed by atoms with E-state index in [-0.39, 0.29) is 11.9 Å². The Bertz CT molecular complexity index is 398. The van der Waals surface area contributed by atoms with E-state index in [1.165, 1.54) is 4.90 Å². The SMILES string of the molecule is C[C@H](N)C(=O)N1[C@H]2CCC[C@@]2(N)C[C@H]1C(=O)N=O. The fraction of sp³-hybridized carbons (Fsp3) is 0.818. The van der Waals surface area contributed by atoms with Gasteiger partial charge in [-0.25, -0.2) is 0 Å². The second-order valence-corrected chi connectivity index (χ2v) is 5.32. The van der Waals surface area contributed by atoms with E-state index in [1.54, 1.807) is 6.92 Å². The minimum Gasteiger partial charge on any atom is -0.324 e. The number of nitrogens with zero attached hydrogens (tertiary/aromatic N) is 2. The molecule has 4 atom stereocenters. The van der Waals surface area contributed by atoms with Gasteiger partial charge in [-0.1, -0.05) is 0 Å². The Morgan fingerprint density at radius 2 is 2.17 bits per heavy atom. The molecule has 0 bridgehead atoms. The first-order chi connectivity index (χ1) is 8.40. The van der Waals surface area contributed by atoms with E-state index in [1.807, 2.05) is 0 Å². The fourth-order valence-corrected chi connectivity index (χ4v) is 3.22. The van der Waals surface area contributed by atoms with Crippen molar-refractivity contribution in [1.82, 2.24) is 4.90 Å². The van der Waals surface area contributed by atoms with E-state index in [2.05, 4.69) is 5.18 Å². The lowest BCUT2D eigenvalue weighted by Crippen LogP contribution is -2.53. The molecular formula is C11H18N4O3. The van der Waals surface area contributed by atoms with Gasteiger partial charge in [0.2, 0.25) is 5.91 Å². The molecule has 1 aliphatic carbocycles. The van der Waals surface area contributed by atoms with Gasteiger partial charge in [0, 0.05) is 10.7 Å². The molecule has 0 aromatic heterocycles. The number of carbonyl (C=O) groups is 2. The lowest BCUT2D eigenvalue weighted by atomic mass is 9.93. The summed E-state index contributed by atoms with van der Waals surface area (Å²) in [5.74, 6) is -1.17. The van der Waals surface area contributed by atoms with Crippen molar-refractivity contribution in [3.63, 3.8) is 0 Å². The molecule has 4 N–H and O–H groups in total. The Kier molecular flexibility index (Phi) is 3.20. The average Bonchev–Trinajstić information content (AvgIpc) is 2.80. The number of fused-ring (bicyclic) bond motifs is 1. The largest absolute Gasteiger partial charge is 0.324 e. The van der Waals surface area contributed by atoms with E-state index in [4.69, 9.17) is 11.5 Å². The normalized spacial score (nSPS) is 36.3. The van der Waals surface area contributed by atoms with Crippen LogP contribution in [0.25, 0.3) is 0 Å². The van der Waals surface area contributed by atoms with Crippen LogP contribution >= 0.6 is 0 Å². The molecule has 1 heterocycles. The highest BCUT2D eigenvalue weighted by Crippen LogP contribution is 2.43. The van der Waals surface area contributed by atoms with Crippen LogP contribution < -0.4 is 11.5 Å². The molecule has 0 aromatic rings. The zero-order valence-corrected chi connectivity index (χ0v) is 10.3. The summed E-state index contributed by atoms with van der Waals surface area (Å²) in [7, 11) is 0. The van der Waals surface area contributed by atoms with Gasteiger partial charge in [0.1, 0.15) is 6.04 Å². The minimum absolute atomic E-state index is 0.202. The van der Waals surface area contributed by atoms with Crippen molar-refractivity contribution in [2.24, 2.45) is 16.6 Å². The van der Waals surface area contributed by atoms with E-state index >= 15 is 0 Å². The molecule has 2 aliphatic rings. The van der Waals surface area contributed by atoms with E-state index in [0.29, 0.717) is 6.42 Å². The number of rotatable bonds is 2. The Labute approximate surface area is 105 Å². The number of carbonyl (C=O) groups excluding carboxylic acids is 2. The number of hydrogen-bond acceptors (Lipinski definition) is 5. The highest BCUT2D eigenvalue weighted by Gasteiger charge is 2.56. The molecule has 0 aromatic carbocycles. The molecule has 18 heavy (non-hydrogen) atoms. The summed E-state index contributed by atoms with van der Waals surface area (Å²) in [5, 5.41) is 2.44. The van der Waals surface area contributed by atoms with E-state index in [9.17, 15) is 14.5 Å². The van der Waals surface area contributed by atoms with Gasteiger partial charge < -0.3 is 16.4 Å². The van der Waals surface area contributed by atoms with Gasteiger partial charge in [-0.3, -0.25) is 9.59 Å². The van der Waals surface area contributed by atoms with Crippen LogP contribution in [0, 0.1) is 4.91 Å². The number of hydrogen-bond donors (Lipinski definition) is 2. The van der Waals surface area contributed by atoms with Crippen LogP contribution in [0.1, 0.15) is 32.6 Å². The highest BCUT2D eigenvalue weighted by molar-refractivity contribution is 5.91. The number of likely N-dealkylation sites (tertiary alicyclic amines) is 1. The van der Waals surface area contributed by atoms with Crippen LogP contribution in [0.2, 0.25) is 0 Å². The van der Waals surface area contributed by atoms with Crippen LogP contribution in [-0.2, 0) is 9.59 Å². The number of amides is 2. The van der Waals surface area contributed by atoms with Crippen LogP contribution in [0.4, 0.5) is 0 Å². The Hall–Kier alpha value is -1.34. The van der Waals surface area contributed by atoms with Crippen LogP contribution in [0.3, 0.4) is 0 Å². The Balaban J connectivity index is 2.33. The first kappa shape index (κ1) is 13.1. The third-order valence-corrected chi connectivity index (χ3v) is 4.05. The highest BCUT2D eigenvalue weighted by atomic mass is 16.3. The van der Waals surface area contributed by atoms with Gasteiger partial charge in [0.25, 0.3) is 0 Å². The third-order valence-electron chi connectivity index (χ3n) is 4.05. The van der Waals surface area contributed by atoms with Crippen LogP contribution in [-0.4, -0.2) is 40.4 Å². The molecule has 2 amide bonds. The molecule has 1 aliphatic heterocycles. The van der Waals surface area contributed by atoms with Gasteiger partial charge in [-0.2, -0.15) is 0 Å². The zero-order chi connectivity index (χ0) is 13.5. The van der Waals surface area contributed by atoms with E-state index < -0.39 is 23.5 Å². The molecule has 1 saturated carbocycles. The number of nitroso groups, excluding NO2 is 1. The zero-order valence-electron chi connectivity index (χ0n) is 10.3. The van der Waals surface area contributed by atoms with Gasteiger partial charge in [0.15, 0.2) is 0 Å². The number of nitrogens with two attached hydrogens (primary N) is 2. The maximum atomic E-state index is 12.1. The summed E-state index contributed by atoms with van der Waals surface area (Å²) in [5.41, 5.74) is 11.3. The van der Waals surface area contributed by atoms with Crippen molar-refractivity contribution in [2.45, 2.75) is 56.3 Å². The molecule has 7 nitrogen and oxygen atoms in total. The van der Waals surface area contributed by atoms with Crippen molar-refractivity contribution in [3.05, 3.63) is 4.91 Å². The van der Waals surface area contributed by atoms with Crippen LogP contribution in [0.5, 0.6) is 0 Å². The quantitative estimate of drug-likeness (QED) is 0.642. The Morgan fingerprint density at radius 1 is 1.50 bits per heavy atom. The predicted molar refractivity (Wildman–Crippen MR) is 64.3 cm³/mol. The molecule has 0 radical (unpaired) electrons. The summed E-state index contributed by atoms with van der Waals surface area (Å²) in [6, 6.07) is -1.75. The topological polar surface area (TPSA) is 119 Å². The predicted octanol–water partition coefficient (Wildman–Crippen LogP) is -0.522. The first-order valence-corrected chi connectivity index (χ1v) is 6.14. The summed E-state index contributed by atoms with van der Waals surface area (Å²) in [6.07, 6.45) is 2.72. The monoisotopic (exact) mass is 254 g/mol. The summed E-state index contributed by atoms with van der Waals surface area (Å²) < 4.78 is 0. The van der Waals surface area contributed by atoms with Gasteiger partial charge in [-0.15, -0.1) is 4.91 Å². The summed E-state index contributed by atoms with van der Waals surface area (Å²) in [6.45, 7) is 1.56. The maximum absolute atomic E-state index is 12.1. The summed E-state index contributed by atoms with van der Waals surface area (Å²) >= 11 is 0. The average molecular weight is 254 g/mol. The molecule has 0 unspecified atom stereocenters. The molecule has 0 spiro atoms. The molecule has 7 heteroatoms. The van der Waals surface area contributed by atoms with Crippen LogP contribution in [0.15, 0.2) is 5.18 Å². The summed E-state index contributed by atoms with van der Waals surface area (Å²) in [4.78, 5) is 35.5. The second kappa shape index (κ2) is 4.40. The fourth-order valence-electron chi connectivity index (χ4n) is 3.22. The second-order valence-electron chi connectivity index (χ2n) is 5.32. The smallest absolute Gasteiger partial charge is 0.308 e. The Morgan fingerprint density at radius 3 is 2.72 bits per heavy atom. The molecular weight excluding hydrogens is 236 g/mol. The van der Waals surface area contributed by atoms with Crippen molar-refractivity contribution in [1.29, 1.82) is 0 Å². The minimum atomic E-state index is -0.837. The first-order valence-electron chi connectivity index (χ1n) is 6.14. The van der Waals surface area contributed by atoms with Crippen molar-refractivity contribution < 1.29 is 9.59 Å². The molecule has 2 fully saturated rings. The van der Waals surface area contributed by atoms with Gasteiger partial charge in [-0.05, 0) is 32.6 Å². The third kappa shape index (κ3) is 1.83. The molecule has 1 saturated heterocycles. The molecule has 2 rings (SSSR count). The van der Waals surface area contributed by atoms with Crippen molar-refractivity contribution in [2.75, 3.05) is 0 Å². The van der Waals surface area contributed by atoms with Crippen molar-refractivity contribution >= 4 is 11.8 Å². The van der Waals surface area contributed by atoms with Gasteiger partial charge >= 0.3 is 5.91 Å². The standard InChI is InChI=1S/C11H18N4O3/c1-6(12)10(17)15-7(9(16)14-18)5-11(13)4-2-3-8(11)15/h6-8H,2-5,12-13H2,1H3/t6-,7-,8-,11+/m0/s1. The van der Waals surface area contributed by atoms with E-state index in [0.717, 1.165) is 19.3 Å². The lowest BCUT2D eigenvalue weighted by molar-refractivity contribution is -0.140.